The molecule has 170 valence electrons. The monoisotopic (exact) mass is 450 g/mol. The second kappa shape index (κ2) is 11.0. The van der Waals surface area contributed by atoms with E-state index in [0.29, 0.717) is 11.3 Å². The van der Waals surface area contributed by atoms with E-state index in [1.54, 1.807) is 0 Å². The zero-order valence-corrected chi connectivity index (χ0v) is 17.3. The van der Waals surface area contributed by atoms with Gasteiger partial charge in [0, 0.05) is 11.8 Å². The van der Waals surface area contributed by atoms with Gasteiger partial charge in [0.25, 0.3) is 5.91 Å². The van der Waals surface area contributed by atoms with Crippen LogP contribution in [0.15, 0.2) is 48.5 Å². The number of aryl methyl sites for hydroxylation is 2. The highest BCUT2D eigenvalue weighted by Gasteiger charge is 2.30. The molecule has 2 N–H and O–H groups in total. The molecule has 10 heteroatoms. The summed E-state index contributed by atoms with van der Waals surface area (Å²) < 4.78 is 44.9. The van der Waals surface area contributed by atoms with Crippen molar-refractivity contribution in [1.82, 2.24) is 5.32 Å². The predicted octanol–water partition coefficient (Wildman–Crippen LogP) is 3.51. The molecular formula is C22H21F3N2O5. The van der Waals surface area contributed by atoms with Crippen LogP contribution in [-0.2, 0) is 19.1 Å². The third-order valence-corrected chi connectivity index (χ3v) is 4.06. The van der Waals surface area contributed by atoms with Gasteiger partial charge < -0.3 is 20.1 Å². The Hall–Kier alpha value is -3.82. The Bertz CT molecular complexity index is 981. The Morgan fingerprint density at radius 2 is 1.59 bits per heavy atom. The van der Waals surface area contributed by atoms with Gasteiger partial charge in [-0.2, -0.15) is 0 Å². The van der Waals surface area contributed by atoms with E-state index in [9.17, 15) is 27.6 Å². The topological polar surface area (TPSA) is 93.7 Å². The largest absolute Gasteiger partial charge is 0.573 e. The number of carbonyl (C=O) groups is 3. The van der Waals surface area contributed by atoms with Crippen LogP contribution in [0.4, 0.5) is 18.9 Å². The molecular weight excluding hydrogens is 429 g/mol. The lowest BCUT2D eigenvalue weighted by Crippen LogP contribution is -2.35. The first-order valence-electron chi connectivity index (χ1n) is 9.37. The van der Waals surface area contributed by atoms with Crippen molar-refractivity contribution in [3.8, 4) is 5.75 Å². The molecule has 0 aromatic heterocycles. The summed E-state index contributed by atoms with van der Waals surface area (Å²) in [5, 5.41) is 5.05. The summed E-state index contributed by atoms with van der Waals surface area (Å²) in [5.74, 6) is -2.33. The lowest BCUT2D eigenvalue weighted by atomic mass is 10.1. The summed E-state index contributed by atoms with van der Waals surface area (Å²) in [7, 11) is 0. The molecule has 0 atom stereocenters. The van der Waals surface area contributed by atoms with Gasteiger partial charge in [-0.05, 0) is 48.7 Å². The summed E-state index contributed by atoms with van der Waals surface area (Å²) in [4.78, 5) is 35.5. The standard InChI is InChI=1S/C22H21F3N2O5/c1-14-4-3-5-15(2)21(14)27-18(28)12-26-19(29)13-31-20(30)11-8-16-6-9-17(10-7-16)32-22(23,24)25/h3-11H,12-13H2,1-2H3,(H,26,29)(H,27,28)/b11-8+. The maximum atomic E-state index is 12.1. The molecule has 0 saturated heterocycles. The van der Waals surface area contributed by atoms with Gasteiger partial charge >= 0.3 is 12.3 Å². The maximum absolute atomic E-state index is 12.1. The minimum atomic E-state index is -4.79. The van der Waals surface area contributed by atoms with Gasteiger partial charge in [-0.3, -0.25) is 9.59 Å². The first-order chi connectivity index (χ1) is 15.0. The molecule has 0 bridgehead atoms. The Morgan fingerprint density at radius 1 is 0.969 bits per heavy atom. The molecule has 2 aromatic carbocycles. The van der Waals surface area contributed by atoms with Crippen LogP contribution in [0, 0.1) is 13.8 Å². The number of ether oxygens (including phenoxy) is 2. The fourth-order valence-electron chi connectivity index (χ4n) is 2.55. The zero-order chi connectivity index (χ0) is 23.7. The van der Waals surface area contributed by atoms with Crippen LogP contribution in [0.3, 0.4) is 0 Å². The number of alkyl halides is 3. The Balaban J connectivity index is 1.73. The van der Waals surface area contributed by atoms with Crippen LogP contribution in [-0.4, -0.2) is 37.3 Å². The van der Waals surface area contributed by atoms with Crippen LogP contribution >= 0.6 is 0 Å². The molecule has 0 fully saturated rings. The lowest BCUT2D eigenvalue weighted by Gasteiger charge is -2.11. The summed E-state index contributed by atoms with van der Waals surface area (Å²) in [6.07, 6.45) is -2.47. The summed E-state index contributed by atoms with van der Waals surface area (Å²) >= 11 is 0. The molecule has 0 aliphatic heterocycles. The van der Waals surface area contributed by atoms with Crippen LogP contribution in [0.2, 0.25) is 0 Å². The number of benzene rings is 2. The smallest absolute Gasteiger partial charge is 0.452 e. The number of amides is 2. The molecule has 2 rings (SSSR count). The number of hydrogen-bond acceptors (Lipinski definition) is 5. The molecule has 0 aliphatic carbocycles. The van der Waals surface area contributed by atoms with Gasteiger partial charge in [-0.25, -0.2) is 4.79 Å². The van der Waals surface area contributed by atoms with E-state index in [-0.39, 0.29) is 6.54 Å². The normalized spacial score (nSPS) is 11.2. The van der Waals surface area contributed by atoms with Gasteiger partial charge in [0.15, 0.2) is 6.61 Å². The molecule has 0 spiro atoms. The van der Waals surface area contributed by atoms with Crippen molar-refractivity contribution in [3.05, 3.63) is 65.2 Å². The Morgan fingerprint density at radius 3 is 2.19 bits per heavy atom. The molecule has 0 saturated carbocycles. The lowest BCUT2D eigenvalue weighted by molar-refractivity contribution is -0.274. The average molecular weight is 450 g/mol. The summed E-state index contributed by atoms with van der Waals surface area (Å²) in [6, 6.07) is 10.4. The fourth-order valence-corrected chi connectivity index (χ4v) is 2.55. The highest BCUT2D eigenvalue weighted by atomic mass is 19.4. The summed E-state index contributed by atoms with van der Waals surface area (Å²) in [6.45, 7) is 2.79. The highest BCUT2D eigenvalue weighted by Crippen LogP contribution is 2.23. The van der Waals surface area contributed by atoms with E-state index in [0.717, 1.165) is 29.3 Å². The van der Waals surface area contributed by atoms with E-state index in [4.69, 9.17) is 4.74 Å². The third kappa shape index (κ3) is 8.50. The van der Waals surface area contributed by atoms with Crippen molar-refractivity contribution < 1.29 is 37.0 Å². The van der Waals surface area contributed by atoms with Crippen molar-refractivity contribution in [2.45, 2.75) is 20.2 Å². The van der Waals surface area contributed by atoms with Crippen molar-refractivity contribution >= 4 is 29.5 Å². The quantitative estimate of drug-likeness (QED) is 0.474. The number of esters is 1. The molecule has 2 amide bonds. The SMILES string of the molecule is Cc1cccc(C)c1NC(=O)CNC(=O)COC(=O)/C=C/c1ccc(OC(F)(F)F)cc1. The molecule has 0 radical (unpaired) electrons. The second-order valence-electron chi connectivity index (χ2n) is 6.65. The molecule has 0 aliphatic rings. The third-order valence-electron chi connectivity index (χ3n) is 4.06. The van der Waals surface area contributed by atoms with Crippen molar-refractivity contribution in [1.29, 1.82) is 0 Å². The first-order valence-corrected chi connectivity index (χ1v) is 9.37. The number of halogens is 3. The number of nitrogens with one attached hydrogen (secondary N) is 2. The average Bonchev–Trinajstić information content (AvgIpc) is 2.72. The van der Waals surface area contributed by atoms with Gasteiger partial charge in [0.2, 0.25) is 5.91 Å². The van der Waals surface area contributed by atoms with Crippen LogP contribution < -0.4 is 15.4 Å². The maximum Gasteiger partial charge on any atom is 0.573 e. The van der Waals surface area contributed by atoms with E-state index in [1.165, 1.54) is 18.2 Å². The highest BCUT2D eigenvalue weighted by molar-refractivity contribution is 5.96. The van der Waals surface area contributed by atoms with Gasteiger partial charge in [-0.1, -0.05) is 30.3 Å². The Labute approximate surface area is 182 Å². The minimum Gasteiger partial charge on any atom is -0.452 e. The predicted molar refractivity (Wildman–Crippen MR) is 111 cm³/mol. The molecule has 0 unspecified atom stereocenters. The van der Waals surface area contributed by atoms with Gasteiger partial charge in [-0.15, -0.1) is 13.2 Å². The van der Waals surface area contributed by atoms with E-state index in [1.807, 2.05) is 32.0 Å². The van der Waals surface area contributed by atoms with Gasteiger partial charge in [0.1, 0.15) is 5.75 Å². The van der Waals surface area contributed by atoms with Crippen LogP contribution in [0.5, 0.6) is 5.75 Å². The number of para-hydroxylation sites is 1. The van der Waals surface area contributed by atoms with Crippen LogP contribution in [0.25, 0.3) is 6.08 Å². The Kier molecular flexibility index (Phi) is 8.39. The molecule has 7 nitrogen and oxygen atoms in total. The first kappa shape index (κ1) is 24.4. The number of carbonyl (C=O) groups excluding carboxylic acids is 3. The van der Waals surface area contributed by atoms with Crippen molar-refractivity contribution in [2.75, 3.05) is 18.5 Å². The molecule has 2 aromatic rings. The second-order valence-corrected chi connectivity index (χ2v) is 6.65. The number of rotatable bonds is 8. The van der Waals surface area contributed by atoms with Crippen LogP contribution in [0.1, 0.15) is 16.7 Å². The van der Waals surface area contributed by atoms with Crippen molar-refractivity contribution in [3.63, 3.8) is 0 Å². The minimum absolute atomic E-state index is 0.299. The fraction of sp³-hybridized carbons (Fsp3) is 0.227. The van der Waals surface area contributed by atoms with E-state index in [2.05, 4.69) is 15.4 Å². The van der Waals surface area contributed by atoms with E-state index < -0.39 is 36.5 Å². The molecule has 32 heavy (non-hydrogen) atoms. The van der Waals surface area contributed by atoms with Gasteiger partial charge in [0.05, 0.1) is 6.54 Å². The summed E-state index contributed by atoms with van der Waals surface area (Å²) in [5.41, 5.74) is 2.85. The number of hydrogen-bond donors (Lipinski definition) is 2. The molecule has 0 heterocycles. The van der Waals surface area contributed by atoms with E-state index >= 15 is 0 Å². The van der Waals surface area contributed by atoms with Crippen molar-refractivity contribution in [2.24, 2.45) is 0 Å². The zero-order valence-electron chi connectivity index (χ0n) is 17.3. The number of anilines is 1.